The maximum atomic E-state index is 9.97. The van der Waals surface area contributed by atoms with Crippen LogP contribution < -0.4 is 5.32 Å². The van der Waals surface area contributed by atoms with Gasteiger partial charge in [0.1, 0.15) is 0 Å². The van der Waals surface area contributed by atoms with Gasteiger partial charge in [0.15, 0.2) is 0 Å². The predicted octanol–water partition coefficient (Wildman–Crippen LogP) is 3.12. The summed E-state index contributed by atoms with van der Waals surface area (Å²) >= 11 is 0. The van der Waals surface area contributed by atoms with Gasteiger partial charge < -0.3 is 10.4 Å². The van der Waals surface area contributed by atoms with Gasteiger partial charge in [-0.05, 0) is 45.2 Å². The molecule has 2 unspecified atom stereocenters. The molecule has 0 spiro atoms. The van der Waals surface area contributed by atoms with Crippen LogP contribution in [-0.4, -0.2) is 17.3 Å². The molecule has 0 aliphatic heterocycles. The zero-order valence-electron chi connectivity index (χ0n) is 11.7. The number of rotatable bonds is 5. The summed E-state index contributed by atoms with van der Waals surface area (Å²) in [5, 5.41) is 13.4. The summed E-state index contributed by atoms with van der Waals surface area (Å²) in [6.07, 6.45) is 0.763. The van der Waals surface area contributed by atoms with Crippen LogP contribution >= 0.6 is 0 Å². The first-order valence-corrected chi connectivity index (χ1v) is 6.38. The molecule has 0 amide bonds. The highest BCUT2D eigenvalue weighted by molar-refractivity contribution is 5.32. The summed E-state index contributed by atoms with van der Waals surface area (Å²) in [6.45, 7) is 10.9. The van der Waals surface area contributed by atoms with Crippen LogP contribution in [0, 0.1) is 13.8 Å². The molecule has 0 heterocycles. The first-order chi connectivity index (χ1) is 7.85. The highest BCUT2D eigenvalue weighted by Gasteiger charge is 2.18. The molecule has 2 atom stereocenters. The lowest BCUT2D eigenvalue weighted by Crippen LogP contribution is -2.38. The maximum absolute atomic E-state index is 9.97. The van der Waals surface area contributed by atoms with Gasteiger partial charge in [-0.1, -0.05) is 30.7 Å². The van der Waals surface area contributed by atoms with Gasteiger partial charge in [0.25, 0.3) is 0 Å². The quantitative estimate of drug-likeness (QED) is 0.822. The second kappa shape index (κ2) is 5.65. The first-order valence-electron chi connectivity index (χ1n) is 6.38. The minimum atomic E-state index is -0.618. The number of benzene rings is 1. The second-order valence-electron chi connectivity index (χ2n) is 5.31. The molecule has 1 aromatic rings. The molecule has 0 saturated carbocycles. The Morgan fingerprint density at radius 1 is 1.35 bits per heavy atom. The molecule has 17 heavy (non-hydrogen) atoms. The van der Waals surface area contributed by atoms with Crippen molar-refractivity contribution in [1.29, 1.82) is 0 Å². The lowest BCUT2D eigenvalue weighted by atomic mass is 9.98. The molecule has 2 nitrogen and oxygen atoms in total. The van der Waals surface area contributed by atoms with Crippen molar-refractivity contribution < 1.29 is 5.11 Å². The standard InChI is InChI=1S/C15H25NO/c1-6-15(5,17)10-16-13(4)14-8-7-11(2)9-12(14)3/h7-9,13,16-17H,6,10H2,1-5H3. The third kappa shape index (κ3) is 4.14. The number of aryl methyl sites for hydroxylation is 2. The van der Waals surface area contributed by atoms with E-state index in [9.17, 15) is 5.11 Å². The van der Waals surface area contributed by atoms with E-state index in [0.29, 0.717) is 6.54 Å². The van der Waals surface area contributed by atoms with Crippen LogP contribution in [-0.2, 0) is 0 Å². The van der Waals surface area contributed by atoms with Crippen molar-refractivity contribution in [2.24, 2.45) is 0 Å². The van der Waals surface area contributed by atoms with Crippen LogP contribution in [0.15, 0.2) is 18.2 Å². The molecule has 0 bridgehead atoms. The van der Waals surface area contributed by atoms with Gasteiger partial charge in [-0.3, -0.25) is 0 Å². The third-order valence-corrected chi connectivity index (χ3v) is 3.44. The predicted molar refractivity (Wildman–Crippen MR) is 73.2 cm³/mol. The fourth-order valence-corrected chi connectivity index (χ4v) is 1.92. The molecule has 0 aliphatic rings. The van der Waals surface area contributed by atoms with E-state index in [1.165, 1.54) is 16.7 Å². The smallest absolute Gasteiger partial charge is 0.0741 e. The molecular weight excluding hydrogens is 210 g/mol. The van der Waals surface area contributed by atoms with E-state index in [0.717, 1.165) is 6.42 Å². The van der Waals surface area contributed by atoms with E-state index in [2.05, 4.69) is 44.3 Å². The van der Waals surface area contributed by atoms with Gasteiger partial charge in [0.2, 0.25) is 0 Å². The molecular formula is C15H25NO. The Labute approximate surface area is 105 Å². The van der Waals surface area contributed by atoms with E-state index in [1.807, 2.05) is 13.8 Å². The van der Waals surface area contributed by atoms with Crippen molar-refractivity contribution >= 4 is 0 Å². The average Bonchev–Trinajstić information content (AvgIpc) is 2.26. The Balaban J connectivity index is 2.67. The van der Waals surface area contributed by atoms with Crippen molar-refractivity contribution in [2.75, 3.05) is 6.54 Å². The summed E-state index contributed by atoms with van der Waals surface area (Å²) in [6, 6.07) is 6.78. The fourth-order valence-electron chi connectivity index (χ4n) is 1.92. The van der Waals surface area contributed by atoms with E-state index in [-0.39, 0.29) is 6.04 Å². The topological polar surface area (TPSA) is 32.3 Å². The zero-order chi connectivity index (χ0) is 13.1. The number of hydrogen-bond acceptors (Lipinski definition) is 2. The van der Waals surface area contributed by atoms with E-state index >= 15 is 0 Å². The van der Waals surface area contributed by atoms with Gasteiger partial charge in [0, 0.05) is 12.6 Å². The van der Waals surface area contributed by atoms with Crippen LogP contribution in [0.5, 0.6) is 0 Å². The van der Waals surface area contributed by atoms with E-state index < -0.39 is 5.60 Å². The largest absolute Gasteiger partial charge is 0.389 e. The SMILES string of the molecule is CCC(C)(O)CNC(C)c1ccc(C)cc1C. The van der Waals surface area contributed by atoms with E-state index in [1.54, 1.807) is 0 Å². The summed E-state index contributed by atoms with van der Waals surface area (Å²) in [5.74, 6) is 0. The molecule has 96 valence electrons. The summed E-state index contributed by atoms with van der Waals surface area (Å²) < 4.78 is 0. The first kappa shape index (κ1) is 14.2. The van der Waals surface area contributed by atoms with Crippen LogP contribution in [0.1, 0.15) is 49.9 Å². The highest BCUT2D eigenvalue weighted by atomic mass is 16.3. The Bertz CT molecular complexity index is 371. The van der Waals surface area contributed by atoms with Crippen molar-refractivity contribution in [2.45, 2.75) is 52.7 Å². The van der Waals surface area contributed by atoms with Crippen molar-refractivity contribution in [3.63, 3.8) is 0 Å². The lowest BCUT2D eigenvalue weighted by Gasteiger charge is -2.25. The van der Waals surface area contributed by atoms with Crippen molar-refractivity contribution in [1.82, 2.24) is 5.32 Å². The molecule has 2 heteroatoms. The van der Waals surface area contributed by atoms with Gasteiger partial charge in [0.05, 0.1) is 5.60 Å². The number of aliphatic hydroxyl groups is 1. The molecule has 0 aromatic heterocycles. The number of hydrogen-bond donors (Lipinski definition) is 2. The Hall–Kier alpha value is -0.860. The summed E-state index contributed by atoms with van der Waals surface area (Å²) in [7, 11) is 0. The van der Waals surface area contributed by atoms with Crippen LogP contribution in [0.4, 0.5) is 0 Å². The van der Waals surface area contributed by atoms with Gasteiger partial charge in [-0.2, -0.15) is 0 Å². The average molecular weight is 235 g/mol. The van der Waals surface area contributed by atoms with Crippen LogP contribution in [0.3, 0.4) is 0 Å². The number of nitrogens with one attached hydrogen (secondary N) is 1. The van der Waals surface area contributed by atoms with Crippen LogP contribution in [0.25, 0.3) is 0 Å². The molecule has 1 rings (SSSR count). The van der Waals surface area contributed by atoms with Gasteiger partial charge in [-0.15, -0.1) is 0 Å². The Kier molecular flexibility index (Phi) is 4.72. The van der Waals surface area contributed by atoms with E-state index in [4.69, 9.17) is 0 Å². The Morgan fingerprint density at radius 3 is 2.53 bits per heavy atom. The fraction of sp³-hybridized carbons (Fsp3) is 0.600. The molecule has 2 N–H and O–H groups in total. The normalized spacial score (nSPS) is 16.6. The van der Waals surface area contributed by atoms with Gasteiger partial charge in [-0.25, -0.2) is 0 Å². The van der Waals surface area contributed by atoms with Gasteiger partial charge >= 0.3 is 0 Å². The third-order valence-electron chi connectivity index (χ3n) is 3.44. The molecule has 0 aliphatic carbocycles. The molecule has 0 saturated heterocycles. The second-order valence-corrected chi connectivity index (χ2v) is 5.31. The van der Waals surface area contributed by atoms with Crippen molar-refractivity contribution in [3.8, 4) is 0 Å². The highest BCUT2D eigenvalue weighted by Crippen LogP contribution is 2.19. The Morgan fingerprint density at radius 2 is 2.00 bits per heavy atom. The zero-order valence-corrected chi connectivity index (χ0v) is 11.7. The minimum absolute atomic E-state index is 0.272. The molecule has 0 fully saturated rings. The lowest BCUT2D eigenvalue weighted by molar-refractivity contribution is 0.0533. The van der Waals surface area contributed by atoms with Crippen molar-refractivity contribution in [3.05, 3.63) is 34.9 Å². The summed E-state index contributed by atoms with van der Waals surface area (Å²) in [4.78, 5) is 0. The monoisotopic (exact) mass is 235 g/mol. The van der Waals surface area contributed by atoms with Crippen LogP contribution in [0.2, 0.25) is 0 Å². The minimum Gasteiger partial charge on any atom is -0.389 e. The molecule has 0 radical (unpaired) electrons. The summed E-state index contributed by atoms with van der Waals surface area (Å²) in [5.41, 5.74) is 3.29. The molecule has 1 aromatic carbocycles. The maximum Gasteiger partial charge on any atom is 0.0741 e.